The van der Waals surface area contributed by atoms with Crippen molar-refractivity contribution in [2.45, 2.75) is 24.4 Å². The first-order valence-corrected chi connectivity index (χ1v) is 4.43. The van der Waals surface area contributed by atoms with Gasteiger partial charge in [-0.2, -0.15) is 0 Å². The molecule has 0 aromatic heterocycles. The third-order valence-electron chi connectivity index (χ3n) is 2.41. The Morgan fingerprint density at radius 3 is 1.56 bits per heavy atom. The van der Waals surface area contributed by atoms with Gasteiger partial charge < -0.3 is 31.6 Å². The summed E-state index contributed by atoms with van der Waals surface area (Å²) in [6.07, 6.45) is -3.12. The fourth-order valence-corrected chi connectivity index (χ4v) is 1.83. The van der Waals surface area contributed by atoms with Crippen LogP contribution in [0.25, 0.3) is 0 Å². The molecule has 18 heavy (non-hydrogen) atoms. The summed E-state index contributed by atoms with van der Waals surface area (Å²) in [6.45, 7) is -0.0955. The largest absolute Gasteiger partial charge is 1.00 e. The summed E-state index contributed by atoms with van der Waals surface area (Å²) in [7, 11) is 0. The standard InChI is InChI=1S/C6H8N2O8.ClH.Na/c9-7(10)15-3-1-13-6-4(16-8(11)12)2-14-5(3)6;;/h3-6H,1-2H2;1H;/q;;+1/p-1/t3-,4+,5-,6-;;/m1../s1. The van der Waals surface area contributed by atoms with Crippen LogP contribution in [0, 0.1) is 20.2 Å². The van der Waals surface area contributed by atoms with Gasteiger partial charge in [0, 0.05) is 0 Å². The summed E-state index contributed by atoms with van der Waals surface area (Å²) in [5, 5.41) is 18.4. The Kier molecular flexibility index (Phi) is 7.10. The average molecular weight is 295 g/mol. The molecular weight excluding hydrogens is 287 g/mol. The van der Waals surface area contributed by atoms with Crippen LogP contribution in [0.1, 0.15) is 0 Å². The molecule has 0 aromatic carbocycles. The first-order valence-electron chi connectivity index (χ1n) is 4.43. The average Bonchev–Trinajstić information content (AvgIpc) is 2.70. The van der Waals surface area contributed by atoms with E-state index in [0.29, 0.717) is 0 Å². The van der Waals surface area contributed by atoms with E-state index in [4.69, 9.17) is 9.47 Å². The third-order valence-corrected chi connectivity index (χ3v) is 2.41. The van der Waals surface area contributed by atoms with Gasteiger partial charge in [0.1, 0.15) is 12.2 Å². The predicted octanol–water partition coefficient (Wildman–Crippen LogP) is -7.05. The van der Waals surface area contributed by atoms with Crippen molar-refractivity contribution in [1.29, 1.82) is 0 Å². The minimum absolute atomic E-state index is 0. The van der Waals surface area contributed by atoms with E-state index >= 15 is 0 Å². The van der Waals surface area contributed by atoms with Gasteiger partial charge in [-0.25, -0.2) is 0 Å². The van der Waals surface area contributed by atoms with E-state index in [2.05, 4.69) is 9.68 Å². The first-order chi connectivity index (χ1) is 7.58. The van der Waals surface area contributed by atoms with Gasteiger partial charge in [0.15, 0.2) is 12.2 Å². The molecule has 0 spiro atoms. The Balaban J connectivity index is 0.00000144. The van der Waals surface area contributed by atoms with Crippen LogP contribution >= 0.6 is 0 Å². The van der Waals surface area contributed by atoms with Gasteiger partial charge in [-0.15, -0.1) is 20.2 Å². The van der Waals surface area contributed by atoms with Gasteiger partial charge in [0.25, 0.3) is 10.2 Å². The quantitative estimate of drug-likeness (QED) is 0.285. The number of hydrogen-bond donors (Lipinski definition) is 0. The van der Waals surface area contributed by atoms with Crippen LogP contribution < -0.4 is 42.0 Å². The van der Waals surface area contributed by atoms with Crippen LogP contribution in [0.3, 0.4) is 0 Å². The molecule has 0 bridgehead atoms. The second kappa shape index (κ2) is 7.26. The Morgan fingerprint density at radius 1 is 0.944 bits per heavy atom. The van der Waals surface area contributed by atoms with E-state index in [9.17, 15) is 20.2 Å². The van der Waals surface area contributed by atoms with Crippen molar-refractivity contribution in [3.05, 3.63) is 20.2 Å². The van der Waals surface area contributed by atoms with Crippen molar-refractivity contribution < 1.29 is 71.3 Å². The Morgan fingerprint density at radius 2 is 1.28 bits per heavy atom. The van der Waals surface area contributed by atoms with Crippen molar-refractivity contribution >= 4 is 0 Å². The summed E-state index contributed by atoms with van der Waals surface area (Å²) in [6, 6.07) is 0. The zero-order valence-corrected chi connectivity index (χ0v) is 12.0. The van der Waals surface area contributed by atoms with Crippen LogP contribution in [0.5, 0.6) is 0 Å². The molecule has 0 amide bonds. The number of nitrogens with zero attached hydrogens (tertiary/aromatic N) is 2. The van der Waals surface area contributed by atoms with Gasteiger partial charge in [-0.05, 0) is 0 Å². The second-order valence-electron chi connectivity index (χ2n) is 3.33. The van der Waals surface area contributed by atoms with Crippen LogP contribution in [-0.2, 0) is 19.1 Å². The topological polar surface area (TPSA) is 123 Å². The van der Waals surface area contributed by atoms with Crippen molar-refractivity contribution in [3.8, 4) is 0 Å². The third kappa shape index (κ3) is 3.80. The minimum Gasteiger partial charge on any atom is -1.00 e. The molecule has 0 unspecified atom stereocenters. The molecule has 10 nitrogen and oxygen atoms in total. The van der Waals surface area contributed by atoms with Crippen LogP contribution in [-0.4, -0.2) is 47.8 Å². The van der Waals surface area contributed by atoms with Crippen LogP contribution in [0.15, 0.2) is 0 Å². The normalized spacial score (nSPS) is 32.7. The van der Waals surface area contributed by atoms with Crippen molar-refractivity contribution in [1.82, 2.24) is 0 Å². The van der Waals surface area contributed by atoms with E-state index in [0.717, 1.165) is 0 Å². The molecule has 2 saturated heterocycles. The number of halogens is 1. The van der Waals surface area contributed by atoms with Crippen LogP contribution in [0.4, 0.5) is 0 Å². The SMILES string of the molecule is O=[N+]([O-])O[C@H]1CO[C@H]2[C@@H]1OC[C@H]2O[N+](=O)[O-].[Cl-].[Na+]. The van der Waals surface area contributed by atoms with Crippen LogP contribution in [0.2, 0.25) is 0 Å². The molecule has 2 aliphatic rings. The maximum absolute atomic E-state index is 10.1. The number of ether oxygens (including phenoxy) is 2. The van der Waals surface area contributed by atoms with Gasteiger partial charge in [-0.1, -0.05) is 0 Å². The van der Waals surface area contributed by atoms with E-state index in [1.54, 1.807) is 0 Å². The van der Waals surface area contributed by atoms with Gasteiger partial charge >= 0.3 is 29.6 Å². The molecule has 98 valence electrons. The zero-order chi connectivity index (χ0) is 11.7. The summed E-state index contributed by atoms with van der Waals surface area (Å²) >= 11 is 0. The molecular formula is C6H8ClN2NaO8. The molecule has 2 fully saturated rings. The summed E-state index contributed by atoms with van der Waals surface area (Å²) in [5.41, 5.74) is 0. The molecule has 12 heteroatoms. The molecule has 4 atom stereocenters. The maximum Gasteiger partial charge on any atom is 1.00 e. The number of rotatable bonds is 4. The molecule has 0 N–H and O–H groups in total. The summed E-state index contributed by atoms with van der Waals surface area (Å²) < 4.78 is 10.2. The zero-order valence-electron chi connectivity index (χ0n) is 9.26. The smallest absolute Gasteiger partial charge is 1.00 e. The molecule has 0 saturated carbocycles. The summed E-state index contributed by atoms with van der Waals surface area (Å²) in [5.74, 6) is 0. The van der Waals surface area contributed by atoms with Crippen molar-refractivity contribution in [3.63, 3.8) is 0 Å². The fourth-order valence-electron chi connectivity index (χ4n) is 1.83. The van der Waals surface area contributed by atoms with E-state index in [1.807, 2.05) is 0 Å². The first kappa shape index (κ1) is 17.6. The fraction of sp³-hybridized carbons (Fsp3) is 1.00. The monoisotopic (exact) mass is 294 g/mol. The Hall–Kier alpha value is -0.390. The molecule has 2 heterocycles. The van der Waals surface area contributed by atoms with Crippen molar-refractivity contribution in [2.24, 2.45) is 0 Å². The Labute approximate surface area is 129 Å². The molecule has 2 aliphatic heterocycles. The van der Waals surface area contributed by atoms with E-state index in [1.165, 1.54) is 0 Å². The summed E-state index contributed by atoms with van der Waals surface area (Å²) in [4.78, 5) is 28.9. The van der Waals surface area contributed by atoms with E-state index in [-0.39, 0.29) is 55.2 Å². The number of fused-ring (bicyclic) bond motifs is 1. The van der Waals surface area contributed by atoms with E-state index < -0.39 is 34.6 Å². The molecule has 0 aliphatic carbocycles. The number of hydrogen-bond acceptors (Lipinski definition) is 8. The van der Waals surface area contributed by atoms with Crippen molar-refractivity contribution in [2.75, 3.05) is 13.2 Å². The molecule has 0 aromatic rings. The predicted molar refractivity (Wildman–Crippen MR) is 43.2 cm³/mol. The molecule has 0 radical (unpaired) electrons. The minimum atomic E-state index is -0.943. The Bertz CT molecular complexity index is 290. The second-order valence-corrected chi connectivity index (χ2v) is 3.33. The van der Waals surface area contributed by atoms with Gasteiger partial charge in [-0.3, -0.25) is 0 Å². The van der Waals surface area contributed by atoms with Gasteiger partial charge in [0.05, 0.1) is 13.2 Å². The maximum atomic E-state index is 10.1. The van der Waals surface area contributed by atoms with Gasteiger partial charge in [0.2, 0.25) is 0 Å². The molecule has 2 rings (SSSR count).